The molecule has 2 rings (SSSR count). The van der Waals surface area contributed by atoms with Crippen molar-refractivity contribution >= 4 is 0 Å². The Morgan fingerprint density at radius 2 is 2.06 bits per heavy atom. The van der Waals surface area contributed by atoms with Gasteiger partial charge in [0.15, 0.2) is 0 Å². The van der Waals surface area contributed by atoms with Gasteiger partial charge in [0.1, 0.15) is 0 Å². The molecule has 0 amide bonds. The summed E-state index contributed by atoms with van der Waals surface area (Å²) in [5.74, 6) is 0.787. The van der Waals surface area contributed by atoms with E-state index in [2.05, 4.69) is 31.0 Å². The van der Waals surface area contributed by atoms with E-state index in [1.54, 1.807) is 0 Å². The van der Waals surface area contributed by atoms with E-state index >= 15 is 0 Å². The first-order valence-corrected chi connectivity index (χ1v) is 7.33. The molecule has 1 saturated heterocycles. The summed E-state index contributed by atoms with van der Waals surface area (Å²) in [6.07, 6.45) is 4.37. The van der Waals surface area contributed by atoms with Crippen molar-refractivity contribution in [2.24, 2.45) is 5.92 Å². The van der Waals surface area contributed by atoms with Gasteiger partial charge < -0.3 is 10.1 Å². The van der Waals surface area contributed by atoms with Crippen LogP contribution in [0.5, 0.6) is 0 Å². The number of piperidine rings is 1. The van der Waals surface area contributed by atoms with Gasteiger partial charge in [0.2, 0.25) is 0 Å². The first kappa shape index (κ1) is 13.3. The van der Waals surface area contributed by atoms with Crippen LogP contribution in [0.25, 0.3) is 0 Å². The standard InChI is InChI=1S/C14H28N2O/c1-4-15-14-6-7-16(10-11(14)3)12-8-13(9-12)17-5-2/h11-15H,4-10H2,1-3H3. The van der Waals surface area contributed by atoms with Crippen LogP contribution in [-0.4, -0.2) is 49.3 Å². The monoisotopic (exact) mass is 240 g/mol. The third-order valence-electron chi connectivity index (χ3n) is 4.39. The summed E-state index contributed by atoms with van der Waals surface area (Å²) in [7, 11) is 0. The van der Waals surface area contributed by atoms with Crippen molar-refractivity contribution in [3.63, 3.8) is 0 Å². The number of nitrogens with one attached hydrogen (secondary N) is 1. The second-order valence-electron chi connectivity index (χ2n) is 5.63. The summed E-state index contributed by atoms with van der Waals surface area (Å²) < 4.78 is 5.65. The third kappa shape index (κ3) is 3.21. The lowest BCUT2D eigenvalue weighted by Crippen LogP contribution is -2.55. The minimum atomic E-state index is 0.548. The molecule has 2 fully saturated rings. The van der Waals surface area contributed by atoms with E-state index in [9.17, 15) is 0 Å². The molecule has 1 aliphatic heterocycles. The minimum absolute atomic E-state index is 0.548. The predicted octanol–water partition coefficient (Wildman–Crippen LogP) is 1.87. The van der Waals surface area contributed by atoms with Gasteiger partial charge in [-0.3, -0.25) is 4.90 Å². The highest BCUT2D eigenvalue weighted by Gasteiger charge is 2.37. The maximum absolute atomic E-state index is 5.65. The highest BCUT2D eigenvalue weighted by molar-refractivity contribution is 4.92. The molecule has 3 heteroatoms. The molecule has 1 aliphatic carbocycles. The maximum Gasteiger partial charge on any atom is 0.0604 e. The van der Waals surface area contributed by atoms with Crippen LogP contribution >= 0.6 is 0 Å². The van der Waals surface area contributed by atoms with Crippen LogP contribution in [-0.2, 0) is 4.74 Å². The number of rotatable bonds is 5. The molecular formula is C14H28N2O. The van der Waals surface area contributed by atoms with Crippen LogP contribution in [0.2, 0.25) is 0 Å². The Hall–Kier alpha value is -0.120. The lowest BCUT2D eigenvalue weighted by molar-refractivity contribution is -0.0573. The second-order valence-corrected chi connectivity index (χ2v) is 5.63. The molecule has 17 heavy (non-hydrogen) atoms. The van der Waals surface area contributed by atoms with Crippen LogP contribution in [0, 0.1) is 5.92 Å². The van der Waals surface area contributed by atoms with E-state index in [0.29, 0.717) is 6.10 Å². The molecule has 0 spiro atoms. The quantitative estimate of drug-likeness (QED) is 0.794. The van der Waals surface area contributed by atoms with Gasteiger partial charge in [-0.15, -0.1) is 0 Å². The van der Waals surface area contributed by atoms with Crippen molar-refractivity contribution in [3.8, 4) is 0 Å². The van der Waals surface area contributed by atoms with E-state index in [0.717, 1.165) is 31.2 Å². The van der Waals surface area contributed by atoms with E-state index in [1.165, 1.54) is 32.4 Å². The van der Waals surface area contributed by atoms with Crippen molar-refractivity contribution in [1.82, 2.24) is 10.2 Å². The fourth-order valence-corrected chi connectivity index (χ4v) is 3.28. The second kappa shape index (κ2) is 6.17. The Balaban J connectivity index is 1.71. The van der Waals surface area contributed by atoms with Crippen molar-refractivity contribution in [3.05, 3.63) is 0 Å². The zero-order chi connectivity index (χ0) is 12.3. The van der Waals surface area contributed by atoms with Gasteiger partial charge in [0.25, 0.3) is 0 Å². The van der Waals surface area contributed by atoms with E-state index < -0.39 is 0 Å². The molecular weight excluding hydrogens is 212 g/mol. The number of likely N-dealkylation sites (tertiary alicyclic amines) is 1. The van der Waals surface area contributed by atoms with Crippen molar-refractivity contribution < 1.29 is 4.74 Å². The van der Waals surface area contributed by atoms with Gasteiger partial charge in [-0.25, -0.2) is 0 Å². The largest absolute Gasteiger partial charge is 0.378 e. The first-order chi connectivity index (χ1) is 8.24. The molecule has 1 heterocycles. The lowest BCUT2D eigenvalue weighted by atomic mass is 9.84. The maximum atomic E-state index is 5.65. The molecule has 0 radical (unpaired) electrons. The average Bonchev–Trinajstić information content (AvgIpc) is 2.26. The van der Waals surface area contributed by atoms with Crippen LogP contribution in [0.4, 0.5) is 0 Å². The average molecular weight is 240 g/mol. The van der Waals surface area contributed by atoms with E-state index in [4.69, 9.17) is 4.74 Å². The van der Waals surface area contributed by atoms with Gasteiger partial charge in [-0.2, -0.15) is 0 Å². The fraction of sp³-hybridized carbons (Fsp3) is 1.00. The molecule has 3 nitrogen and oxygen atoms in total. The zero-order valence-electron chi connectivity index (χ0n) is 11.6. The summed E-state index contributed by atoms with van der Waals surface area (Å²) in [4.78, 5) is 2.69. The van der Waals surface area contributed by atoms with E-state index in [1.807, 2.05) is 0 Å². The Morgan fingerprint density at radius 3 is 2.65 bits per heavy atom. The van der Waals surface area contributed by atoms with Crippen LogP contribution in [0.15, 0.2) is 0 Å². The molecule has 1 N–H and O–H groups in total. The summed E-state index contributed by atoms with van der Waals surface area (Å²) in [6.45, 7) is 11.2. The number of ether oxygens (including phenoxy) is 1. The molecule has 0 aromatic heterocycles. The molecule has 0 bridgehead atoms. The topological polar surface area (TPSA) is 24.5 Å². The van der Waals surface area contributed by atoms with Gasteiger partial charge >= 0.3 is 0 Å². The van der Waals surface area contributed by atoms with Crippen molar-refractivity contribution in [1.29, 1.82) is 0 Å². The smallest absolute Gasteiger partial charge is 0.0604 e. The Kier molecular flexibility index (Phi) is 4.83. The summed E-state index contributed by atoms with van der Waals surface area (Å²) in [5.41, 5.74) is 0. The first-order valence-electron chi connectivity index (χ1n) is 7.33. The summed E-state index contributed by atoms with van der Waals surface area (Å²) in [6, 6.07) is 1.54. The van der Waals surface area contributed by atoms with Gasteiger partial charge in [-0.05, 0) is 45.2 Å². The number of hydrogen-bond acceptors (Lipinski definition) is 3. The highest BCUT2D eigenvalue weighted by Crippen LogP contribution is 2.31. The fourth-order valence-electron chi connectivity index (χ4n) is 3.28. The van der Waals surface area contributed by atoms with E-state index in [-0.39, 0.29) is 0 Å². The number of nitrogens with zero attached hydrogens (tertiary/aromatic N) is 1. The molecule has 2 aliphatic rings. The Morgan fingerprint density at radius 1 is 1.29 bits per heavy atom. The summed E-state index contributed by atoms with van der Waals surface area (Å²) >= 11 is 0. The van der Waals surface area contributed by atoms with Crippen LogP contribution in [0.3, 0.4) is 0 Å². The lowest BCUT2D eigenvalue weighted by Gasteiger charge is -2.47. The molecule has 100 valence electrons. The van der Waals surface area contributed by atoms with Crippen molar-refractivity contribution in [2.75, 3.05) is 26.2 Å². The van der Waals surface area contributed by atoms with Crippen LogP contribution < -0.4 is 5.32 Å². The van der Waals surface area contributed by atoms with Gasteiger partial charge in [0, 0.05) is 25.2 Å². The number of hydrogen-bond donors (Lipinski definition) is 1. The zero-order valence-corrected chi connectivity index (χ0v) is 11.6. The Labute approximate surface area is 106 Å². The minimum Gasteiger partial charge on any atom is -0.378 e. The van der Waals surface area contributed by atoms with Gasteiger partial charge in [-0.1, -0.05) is 13.8 Å². The Bertz CT molecular complexity index is 228. The molecule has 2 atom stereocenters. The molecule has 0 aromatic rings. The SMILES string of the molecule is CCNC1CCN(C2CC(OCC)C2)CC1C. The normalized spacial score (nSPS) is 39.0. The summed E-state index contributed by atoms with van der Waals surface area (Å²) in [5, 5.41) is 3.61. The molecule has 2 unspecified atom stereocenters. The molecule has 0 aromatic carbocycles. The van der Waals surface area contributed by atoms with Crippen LogP contribution in [0.1, 0.15) is 40.0 Å². The predicted molar refractivity (Wildman–Crippen MR) is 71.3 cm³/mol. The highest BCUT2D eigenvalue weighted by atomic mass is 16.5. The third-order valence-corrected chi connectivity index (χ3v) is 4.39. The molecule has 1 saturated carbocycles. The van der Waals surface area contributed by atoms with Gasteiger partial charge in [0.05, 0.1) is 6.10 Å². The van der Waals surface area contributed by atoms with Crippen molar-refractivity contribution in [2.45, 2.75) is 58.2 Å².